The molecule has 1 unspecified atom stereocenters. The van der Waals surface area contributed by atoms with E-state index in [1.54, 1.807) is 0 Å². The van der Waals surface area contributed by atoms with Gasteiger partial charge in [-0.2, -0.15) is 0 Å². The van der Waals surface area contributed by atoms with Gasteiger partial charge in [-0.25, -0.2) is 0 Å². The minimum absolute atomic E-state index is 0.0963. The smallest absolute Gasteiger partial charge is 0.306 e. The molecule has 0 aliphatic carbocycles. The Labute approximate surface area is 394 Å². The van der Waals surface area contributed by atoms with Crippen molar-refractivity contribution in [2.24, 2.45) is 0 Å². The highest BCUT2D eigenvalue weighted by Gasteiger charge is 2.19. The molecular formula is C58H96O6. The average Bonchev–Trinajstić information content (AvgIpc) is 3.29. The SMILES string of the molecule is CC/C=C/C=C/C=C/C=C/CCCCCC(=O)OCC(COC(=O)CCCCCCCCCCCC/C=C/C=C/CCCCC)OC(=O)CCCCCCCCC/C=C/C/C=C/CC. The highest BCUT2D eigenvalue weighted by molar-refractivity contribution is 5.71. The second-order valence-corrected chi connectivity index (χ2v) is 17.1. The summed E-state index contributed by atoms with van der Waals surface area (Å²) in [7, 11) is 0. The van der Waals surface area contributed by atoms with Gasteiger partial charge in [-0.15, -0.1) is 0 Å². The third kappa shape index (κ3) is 49.3. The molecule has 0 bridgehead atoms. The summed E-state index contributed by atoms with van der Waals surface area (Å²) in [6.07, 6.45) is 68.2. The summed E-state index contributed by atoms with van der Waals surface area (Å²) in [6, 6.07) is 0. The fraction of sp³-hybridized carbons (Fsp3) is 0.672. The van der Waals surface area contributed by atoms with Crippen molar-refractivity contribution in [3.8, 4) is 0 Å². The first-order valence-corrected chi connectivity index (χ1v) is 26.3. The summed E-state index contributed by atoms with van der Waals surface area (Å²) in [4.78, 5) is 38.0. The number of unbranched alkanes of at least 4 members (excludes halogenated alkanes) is 23. The van der Waals surface area contributed by atoms with E-state index in [-0.39, 0.29) is 31.1 Å². The van der Waals surface area contributed by atoms with Crippen LogP contribution in [0.3, 0.4) is 0 Å². The lowest BCUT2D eigenvalue weighted by Gasteiger charge is -2.18. The number of esters is 3. The molecule has 0 rings (SSSR count). The quantitative estimate of drug-likeness (QED) is 0.0199. The molecule has 6 heteroatoms. The van der Waals surface area contributed by atoms with Crippen molar-refractivity contribution in [1.82, 2.24) is 0 Å². The van der Waals surface area contributed by atoms with E-state index in [0.29, 0.717) is 19.3 Å². The molecule has 0 amide bonds. The summed E-state index contributed by atoms with van der Waals surface area (Å²) in [6.45, 7) is 6.32. The minimum Gasteiger partial charge on any atom is -0.462 e. The molecule has 0 aromatic rings. The first kappa shape index (κ1) is 60.3. The van der Waals surface area contributed by atoms with E-state index in [4.69, 9.17) is 14.2 Å². The Kier molecular flexibility index (Phi) is 49.0. The monoisotopic (exact) mass is 889 g/mol. The molecule has 0 fully saturated rings. The standard InChI is InChI=1S/C58H96O6/c1-4-7-10-13-16-19-22-25-27-28-29-30-31-34-36-39-42-45-48-51-57(60)63-54-55(53-62-56(59)50-47-44-41-38-35-32-24-21-18-15-12-9-6-3)64-58(61)52-49-46-43-40-37-33-26-23-20-17-14-11-8-5-2/h8-9,11-12,15-22,24-25,32,35,55H,4-7,10,13-14,23,26-31,33-34,36-54H2,1-3H3/b11-8+,12-9+,18-15+,19-16+,20-17+,24-21+,25-22+,35-32+. The Bertz CT molecular complexity index is 1300. The van der Waals surface area contributed by atoms with Gasteiger partial charge < -0.3 is 14.2 Å². The number of carbonyl (C=O) groups excluding carboxylic acids is 3. The topological polar surface area (TPSA) is 78.9 Å². The molecule has 0 saturated heterocycles. The van der Waals surface area contributed by atoms with Gasteiger partial charge in [0.1, 0.15) is 13.2 Å². The molecule has 0 N–H and O–H groups in total. The van der Waals surface area contributed by atoms with Gasteiger partial charge in [-0.1, -0.05) is 221 Å². The lowest BCUT2D eigenvalue weighted by atomic mass is 10.1. The Hall–Kier alpha value is -3.67. The van der Waals surface area contributed by atoms with Gasteiger partial charge in [-0.3, -0.25) is 14.4 Å². The number of ether oxygens (including phenoxy) is 3. The molecule has 0 aromatic carbocycles. The summed E-state index contributed by atoms with van der Waals surface area (Å²) in [5.74, 6) is -0.951. The van der Waals surface area contributed by atoms with Gasteiger partial charge in [0, 0.05) is 19.3 Å². The van der Waals surface area contributed by atoms with Gasteiger partial charge in [0.05, 0.1) is 0 Å². The zero-order chi connectivity index (χ0) is 46.5. The summed E-state index contributed by atoms with van der Waals surface area (Å²) >= 11 is 0. The van der Waals surface area contributed by atoms with E-state index < -0.39 is 6.10 Å². The van der Waals surface area contributed by atoms with Crippen LogP contribution in [0.1, 0.15) is 233 Å². The van der Waals surface area contributed by atoms with Gasteiger partial charge in [0.2, 0.25) is 0 Å². The van der Waals surface area contributed by atoms with Crippen molar-refractivity contribution in [1.29, 1.82) is 0 Å². The molecule has 0 aliphatic rings. The normalized spacial score (nSPS) is 12.9. The van der Waals surface area contributed by atoms with Crippen molar-refractivity contribution in [2.45, 2.75) is 239 Å². The highest BCUT2D eigenvalue weighted by Crippen LogP contribution is 2.15. The van der Waals surface area contributed by atoms with Crippen LogP contribution in [-0.4, -0.2) is 37.2 Å². The molecule has 0 aromatic heterocycles. The van der Waals surface area contributed by atoms with Crippen molar-refractivity contribution in [2.75, 3.05) is 13.2 Å². The lowest BCUT2D eigenvalue weighted by molar-refractivity contribution is -0.167. The van der Waals surface area contributed by atoms with E-state index in [9.17, 15) is 14.4 Å². The maximum atomic E-state index is 12.8. The maximum Gasteiger partial charge on any atom is 0.306 e. The molecule has 0 spiro atoms. The first-order chi connectivity index (χ1) is 31.5. The van der Waals surface area contributed by atoms with Gasteiger partial charge in [-0.05, 0) is 89.9 Å². The molecule has 0 aliphatic heterocycles. The Morgan fingerprint density at radius 3 is 1.16 bits per heavy atom. The fourth-order valence-electron chi connectivity index (χ4n) is 7.01. The molecule has 0 radical (unpaired) electrons. The number of hydrogen-bond acceptors (Lipinski definition) is 6. The summed E-state index contributed by atoms with van der Waals surface area (Å²) in [5, 5.41) is 0. The average molecular weight is 889 g/mol. The number of rotatable bonds is 46. The van der Waals surface area contributed by atoms with Crippen LogP contribution < -0.4 is 0 Å². The minimum atomic E-state index is -0.799. The van der Waals surface area contributed by atoms with Crippen molar-refractivity contribution < 1.29 is 28.6 Å². The fourth-order valence-corrected chi connectivity index (χ4v) is 7.01. The van der Waals surface area contributed by atoms with E-state index in [1.807, 2.05) is 36.5 Å². The van der Waals surface area contributed by atoms with Crippen molar-refractivity contribution in [3.05, 3.63) is 97.2 Å². The zero-order valence-electron chi connectivity index (χ0n) is 41.5. The molecular weight excluding hydrogens is 793 g/mol. The van der Waals surface area contributed by atoms with Crippen molar-refractivity contribution in [3.63, 3.8) is 0 Å². The summed E-state index contributed by atoms with van der Waals surface area (Å²) in [5.41, 5.74) is 0. The molecule has 6 nitrogen and oxygen atoms in total. The van der Waals surface area contributed by atoms with E-state index in [0.717, 1.165) is 89.9 Å². The second-order valence-electron chi connectivity index (χ2n) is 17.1. The van der Waals surface area contributed by atoms with Crippen LogP contribution in [0.5, 0.6) is 0 Å². The van der Waals surface area contributed by atoms with Crippen LogP contribution in [0.25, 0.3) is 0 Å². The number of carbonyl (C=O) groups is 3. The molecule has 0 heterocycles. The zero-order valence-corrected chi connectivity index (χ0v) is 41.5. The molecule has 0 saturated carbocycles. The highest BCUT2D eigenvalue weighted by atomic mass is 16.6. The van der Waals surface area contributed by atoms with Crippen LogP contribution >= 0.6 is 0 Å². The maximum absolute atomic E-state index is 12.8. The van der Waals surface area contributed by atoms with Crippen LogP contribution in [-0.2, 0) is 28.6 Å². The van der Waals surface area contributed by atoms with Crippen molar-refractivity contribution >= 4 is 17.9 Å². The third-order valence-electron chi connectivity index (χ3n) is 10.9. The molecule has 364 valence electrons. The Balaban J connectivity index is 4.42. The number of allylic oxidation sites excluding steroid dienone is 16. The van der Waals surface area contributed by atoms with Crippen LogP contribution in [0, 0.1) is 0 Å². The predicted octanol–water partition coefficient (Wildman–Crippen LogP) is 17.4. The molecule has 1 atom stereocenters. The molecule has 64 heavy (non-hydrogen) atoms. The van der Waals surface area contributed by atoms with E-state index >= 15 is 0 Å². The first-order valence-electron chi connectivity index (χ1n) is 26.3. The van der Waals surface area contributed by atoms with Gasteiger partial charge >= 0.3 is 17.9 Å². The second kappa shape index (κ2) is 52.0. The summed E-state index contributed by atoms with van der Waals surface area (Å²) < 4.78 is 16.8. The Morgan fingerprint density at radius 2 is 0.688 bits per heavy atom. The van der Waals surface area contributed by atoms with E-state index in [2.05, 4.69) is 81.5 Å². The largest absolute Gasteiger partial charge is 0.462 e. The van der Waals surface area contributed by atoms with E-state index in [1.165, 1.54) is 103 Å². The van der Waals surface area contributed by atoms with Gasteiger partial charge in [0.15, 0.2) is 6.10 Å². The third-order valence-corrected chi connectivity index (χ3v) is 10.9. The lowest BCUT2D eigenvalue weighted by Crippen LogP contribution is -2.30. The number of hydrogen-bond donors (Lipinski definition) is 0. The van der Waals surface area contributed by atoms with Gasteiger partial charge in [0.25, 0.3) is 0 Å². The van der Waals surface area contributed by atoms with Crippen LogP contribution in [0.4, 0.5) is 0 Å². The predicted molar refractivity (Wildman–Crippen MR) is 274 cm³/mol. The van der Waals surface area contributed by atoms with Crippen LogP contribution in [0.2, 0.25) is 0 Å². The Morgan fingerprint density at radius 1 is 0.344 bits per heavy atom. The van der Waals surface area contributed by atoms with Crippen LogP contribution in [0.15, 0.2) is 97.2 Å².